The number of anilines is 1. The van der Waals surface area contributed by atoms with Gasteiger partial charge in [0.2, 0.25) is 0 Å². The standard InChI is InChI=1S/C12H14FN3O5/c1-15(4-2-3-11(17)18)12(19)14-9-5-8(13)6-10(7-9)16(20)21/h5-7H,2-4H2,1H3,(H,14,19)(H,17,18). The zero-order valence-corrected chi connectivity index (χ0v) is 11.2. The van der Waals surface area contributed by atoms with Crippen molar-refractivity contribution in [2.75, 3.05) is 18.9 Å². The fraction of sp³-hybridized carbons (Fsp3) is 0.333. The molecular weight excluding hydrogens is 285 g/mol. The number of hydrogen-bond donors (Lipinski definition) is 2. The topological polar surface area (TPSA) is 113 Å². The molecule has 0 aliphatic carbocycles. The minimum atomic E-state index is -0.968. The number of amides is 2. The van der Waals surface area contributed by atoms with E-state index in [9.17, 15) is 24.1 Å². The molecule has 0 saturated heterocycles. The van der Waals surface area contributed by atoms with Gasteiger partial charge in [-0.2, -0.15) is 0 Å². The summed E-state index contributed by atoms with van der Waals surface area (Å²) in [6, 6.07) is 2.12. The van der Waals surface area contributed by atoms with Crippen molar-refractivity contribution in [1.29, 1.82) is 0 Å². The first-order chi connectivity index (χ1) is 9.79. The molecule has 0 bridgehead atoms. The average molecular weight is 299 g/mol. The number of hydrogen-bond acceptors (Lipinski definition) is 4. The van der Waals surface area contributed by atoms with Crippen molar-refractivity contribution in [3.8, 4) is 0 Å². The smallest absolute Gasteiger partial charge is 0.321 e. The molecule has 1 aromatic carbocycles. The van der Waals surface area contributed by atoms with E-state index >= 15 is 0 Å². The van der Waals surface area contributed by atoms with Gasteiger partial charge in [-0.05, 0) is 12.5 Å². The Hall–Kier alpha value is -2.71. The Morgan fingerprint density at radius 3 is 2.67 bits per heavy atom. The minimum Gasteiger partial charge on any atom is -0.481 e. The molecule has 21 heavy (non-hydrogen) atoms. The molecule has 0 spiro atoms. The summed E-state index contributed by atoms with van der Waals surface area (Å²) in [6.07, 6.45) is 0.186. The lowest BCUT2D eigenvalue weighted by atomic mass is 10.2. The lowest BCUT2D eigenvalue weighted by Gasteiger charge is -2.17. The zero-order valence-electron chi connectivity index (χ0n) is 11.2. The number of carboxylic acid groups (broad SMARTS) is 1. The van der Waals surface area contributed by atoms with Gasteiger partial charge in [-0.3, -0.25) is 14.9 Å². The molecule has 2 amide bonds. The van der Waals surface area contributed by atoms with E-state index in [0.29, 0.717) is 0 Å². The third kappa shape index (κ3) is 5.43. The van der Waals surface area contributed by atoms with Crippen LogP contribution in [0, 0.1) is 15.9 Å². The molecule has 9 heteroatoms. The third-order valence-corrected chi connectivity index (χ3v) is 2.58. The molecule has 1 aromatic rings. The second-order valence-corrected chi connectivity index (χ2v) is 4.30. The summed E-state index contributed by atoms with van der Waals surface area (Å²) < 4.78 is 13.2. The highest BCUT2D eigenvalue weighted by Crippen LogP contribution is 2.20. The van der Waals surface area contributed by atoms with E-state index in [1.54, 1.807) is 0 Å². The Labute approximate surface area is 119 Å². The number of nitrogens with one attached hydrogen (secondary N) is 1. The predicted octanol–water partition coefficient (Wildman–Crippen LogP) is 2.06. The number of halogens is 1. The number of nitrogens with zero attached hydrogens (tertiary/aromatic N) is 2. The van der Waals surface area contributed by atoms with Crippen molar-refractivity contribution in [2.24, 2.45) is 0 Å². The van der Waals surface area contributed by atoms with E-state index in [2.05, 4.69) is 5.32 Å². The summed E-state index contributed by atoms with van der Waals surface area (Å²) in [5.74, 6) is -1.81. The highest BCUT2D eigenvalue weighted by molar-refractivity contribution is 5.89. The van der Waals surface area contributed by atoms with Crippen LogP contribution in [0.5, 0.6) is 0 Å². The Morgan fingerprint density at radius 1 is 1.43 bits per heavy atom. The molecule has 0 heterocycles. The molecule has 1 rings (SSSR count). The number of carbonyl (C=O) groups excluding carboxylic acids is 1. The molecule has 0 unspecified atom stereocenters. The minimum absolute atomic E-state index is 0.0446. The normalized spacial score (nSPS) is 10.0. The Kier molecular flexibility index (Phi) is 5.58. The lowest BCUT2D eigenvalue weighted by molar-refractivity contribution is -0.385. The number of nitro groups is 1. The van der Waals surface area contributed by atoms with Crippen LogP contribution in [-0.4, -0.2) is 40.5 Å². The van der Waals surface area contributed by atoms with Crippen LogP contribution in [0.3, 0.4) is 0 Å². The average Bonchev–Trinajstić information content (AvgIpc) is 2.37. The highest BCUT2D eigenvalue weighted by atomic mass is 19.1. The monoisotopic (exact) mass is 299 g/mol. The van der Waals surface area contributed by atoms with Crippen LogP contribution in [0.15, 0.2) is 18.2 Å². The maximum Gasteiger partial charge on any atom is 0.321 e. The Morgan fingerprint density at radius 2 is 2.10 bits per heavy atom. The van der Waals surface area contributed by atoms with Gasteiger partial charge >= 0.3 is 12.0 Å². The van der Waals surface area contributed by atoms with Gasteiger partial charge in [0.25, 0.3) is 5.69 Å². The van der Waals surface area contributed by atoms with Crippen molar-refractivity contribution in [3.63, 3.8) is 0 Å². The summed E-state index contributed by atoms with van der Waals surface area (Å²) in [4.78, 5) is 33.1. The zero-order chi connectivity index (χ0) is 16.0. The van der Waals surface area contributed by atoms with E-state index in [1.807, 2.05) is 0 Å². The fourth-order valence-corrected chi connectivity index (χ4v) is 1.54. The van der Waals surface area contributed by atoms with Gasteiger partial charge in [0.05, 0.1) is 16.7 Å². The highest BCUT2D eigenvalue weighted by Gasteiger charge is 2.14. The number of urea groups is 1. The molecule has 0 aliphatic heterocycles. The second kappa shape index (κ2) is 7.17. The van der Waals surface area contributed by atoms with E-state index in [-0.39, 0.29) is 25.1 Å². The van der Waals surface area contributed by atoms with Crippen LogP contribution in [-0.2, 0) is 4.79 Å². The van der Waals surface area contributed by atoms with Crippen molar-refractivity contribution in [3.05, 3.63) is 34.1 Å². The molecule has 0 aromatic heterocycles. The van der Waals surface area contributed by atoms with Gasteiger partial charge in [0, 0.05) is 26.1 Å². The number of carbonyl (C=O) groups is 2. The summed E-state index contributed by atoms with van der Waals surface area (Å²) >= 11 is 0. The predicted molar refractivity (Wildman–Crippen MR) is 71.6 cm³/mol. The maximum atomic E-state index is 13.2. The maximum absolute atomic E-state index is 13.2. The number of nitro benzene ring substituents is 1. The van der Waals surface area contributed by atoms with Crippen LogP contribution < -0.4 is 5.32 Å². The largest absolute Gasteiger partial charge is 0.481 e. The van der Waals surface area contributed by atoms with Crippen LogP contribution in [0.2, 0.25) is 0 Å². The number of non-ortho nitro benzene ring substituents is 1. The van der Waals surface area contributed by atoms with Gasteiger partial charge in [0.15, 0.2) is 0 Å². The van der Waals surface area contributed by atoms with E-state index in [4.69, 9.17) is 5.11 Å². The first-order valence-electron chi connectivity index (χ1n) is 5.98. The molecule has 0 fully saturated rings. The molecule has 0 radical (unpaired) electrons. The molecule has 8 nitrogen and oxygen atoms in total. The molecular formula is C12H14FN3O5. The number of rotatable bonds is 6. The molecule has 0 aliphatic rings. The van der Waals surface area contributed by atoms with Crippen molar-refractivity contribution in [1.82, 2.24) is 4.90 Å². The molecule has 114 valence electrons. The fourth-order valence-electron chi connectivity index (χ4n) is 1.54. The van der Waals surface area contributed by atoms with E-state index in [1.165, 1.54) is 11.9 Å². The van der Waals surface area contributed by atoms with Crippen molar-refractivity contribution < 1.29 is 24.0 Å². The molecule has 2 N–H and O–H groups in total. The van der Waals surface area contributed by atoms with E-state index in [0.717, 1.165) is 18.2 Å². The van der Waals surface area contributed by atoms with Crippen LogP contribution in [0.4, 0.5) is 20.6 Å². The summed E-state index contributed by atoms with van der Waals surface area (Å²) in [5, 5.41) is 21.4. The Balaban J connectivity index is 2.65. The van der Waals surface area contributed by atoms with Crippen LogP contribution in [0.25, 0.3) is 0 Å². The summed E-state index contributed by atoms with van der Waals surface area (Å²) in [6.45, 7) is 0.190. The molecule has 0 saturated carbocycles. The molecule has 0 atom stereocenters. The summed E-state index contributed by atoms with van der Waals surface area (Å²) in [5.41, 5.74) is -0.518. The first kappa shape index (κ1) is 16.3. The van der Waals surface area contributed by atoms with Gasteiger partial charge < -0.3 is 15.3 Å². The van der Waals surface area contributed by atoms with Gasteiger partial charge in [0.1, 0.15) is 5.82 Å². The summed E-state index contributed by atoms with van der Waals surface area (Å²) in [7, 11) is 1.44. The van der Waals surface area contributed by atoms with Crippen molar-refractivity contribution >= 4 is 23.4 Å². The SMILES string of the molecule is CN(CCCC(=O)O)C(=O)Nc1cc(F)cc([N+](=O)[O-])c1. The van der Waals surface area contributed by atoms with Gasteiger partial charge in [-0.25, -0.2) is 9.18 Å². The quantitative estimate of drug-likeness (QED) is 0.616. The second-order valence-electron chi connectivity index (χ2n) is 4.30. The van der Waals surface area contributed by atoms with Crippen LogP contribution >= 0.6 is 0 Å². The van der Waals surface area contributed by atoms with Crippen LogP contribution in [0.1, 0.15) is 12.8 Å². The number of benzene rings is 1. The third-order valence-electron chi connectivity index (χ3n) is 2.58. The van der Waals surface area contributed by atoms with Gasteiger partial charge in [-0.15, -0.1) is 0 Å². The van der Waals surface area contributed by atoms with Gasteiger partial charge in [-0.1, -0.05) is 0 Å². The van der Waals surface area contributed by atoms with Crippen molar-refractivity contribution in [2.45, 2.75) is 12.8 Å². The Bertz CT molecular complexity index is 564. The first-order valence-corrected chi connectivity index (χ1v) is 5.98. The lowest BCUT2D eigenvalue weighted by Crippen LogP contribution is -2.32. The number of aliphatic carboxylic acids is 1. The van der Waals surface area contributed by atoms with E-state index < -0.39 is 28.4 Å². The number of carboxylic acids is 1.